The van der Waals surface area contributed by atoms with Crippen LogP contribution in [0.4, 0.5) is 8.78 Å². The molecule has 3 fully saturated rings. The largest absolute Gasteiger partial charge is 0.483 e. The molecule has 0 spiro atoms. The van der Waals surface area contributed by atoms with E-state index in [-0.39, 0.29) is 18.3 Å². The predicted molar refractivity (Wildman–Crippen MR) is 125 cm³/mol. The zero-order valence-electron chi connectivity index (χ0n) is 19.4. The van der Waals surface area contributed by atoms with E-state index in [4.69, 9.17) is 9.47 Å². The van der Waals surface area contributed by atoms with Crippen molar-refractivity contribution in [1.82, 2.24) is 0 Å². The van der Waals surface area contributed by atoms with Crippen LogP contribution in [0.5, 0.6) is 11.5 Å². The van der Waals surface area contributed by atoms with Crippen molar-refractivity contribution in [2.75, 3.05) is 6.61 Å². The summed E-state index contributed by atoms with van der Waals surface area (Å²) < 4.78 is 38.6. The third-order valence-electron chi connectivity index (χ3n) is 8.34. The minimum atomic E-state index is -0.888. The number of esters is 1. The third kappa shape index (κ3) is 5.67. The Morgan fingerprint density at radius 3 is 2.09 bits per heavy atom. The van der Waals surface area contributed by atoms with Crippen molar-refractivity contribution in [3.05, 3.63) is 49.1 Å². The van der Waals surface area contributed by atoms with Crippen LogP contribution in [-0.2, 0) is 4.79 Å². The van der Waals surface area contributed by atoms with Crippen LogP contribution in [0.25, 0.3) is 0 Å². The molecule has 3 aliphatic rings. The van der Waals surface area contributed by atoms with E-state index in [2.05, 4.69) is 19.2 Å². The molecular weight excluding hydrogens is 422 g/mol. The van der Waals surface area contributed by atoms with E-state index in [0.717, 1.165) is 55.6 Å². The Bertz CT molecular complexity index is 836. The highest BCUT2D eigenvalue weighted by Gasteiger charge is 2.39. The molecule has 4 unspecified atom stereocenters. The molecule has 3 saturated carbocycles. The van der Waals surface area contributed by atoms with Crippen molar-refractivity contribution in [3.63, 3.8) is 0 Å². The van der Waals surface area contributed by atoms with E-state index >= 15 is 0 Å². The average Bonchev–Trinajstić information content (AvgIpc) is 2.83. The van der Waals surface area contributed by atoms with Crippen molar-refractivity contribution in [1.29, 1.82) is 0 Å². The minimum Gasteiger partial charge on any atom is -0.483 e. The minimum absolute atomic E-state index is 0.00600. The second-order valence-electron chi connectivity index (χ2n) is 10.3. The molecule has 180 valence electrons. The molecule has 0 radical (unpaired) electrons. The SMILES string of the molecule is C=CCOc1c(F)cc(OC(=O)C2CCC(C3CCC4CC(C=C)CCC4C3)CC2)cc1F. The summed E-state index contributed by atoms with van der Waals surface area (Å²) in [6.07, 6.45) is 15.1. The number of benzene rings is 1. The second kappa shape index (κ2) is 10.8. The first-order valence-electron chi connectivity index (χ1n) is 12.6. The van der Waals surface area contributed by atoms with E-state index in [1.54, 1.807) is 0 Å². The van der Waals surface area contributed by atoms with E-state index < -0.39 is 23.4 Å². The number of carbonyl (C=O) groups is 1. The van der Waals surface area contributed by atoms with Crippen LogP contribution in [-0.4, -0.2) is 12.6 Å². The van der Waals surface area contributed by atoms with Crippen LogP contribution in [0.15, 0.2) is 37.4 Å². The molecule has 0 bridgehead atoms. The van der Waals surface area contributed by atoms with Crippen LogP contribution in [0.2, 0.25) is 0 Å². The Morgan fingerprint density at radius 1 is 0.879 bits per heavy atom. The fourth-order valence-electron chi connectivity index (χ4n) is 6.51. The Balaban J connectivity index is 1.26. The molecule has 3 nitrogen and oxygen atoms in total. The maximum atomic E-state index is 14.1. The Labute approximate surface area is 196 Å². The molecule has 4 atom stereocenters. The van der Waals surface area contributed by atoms with Crippen molar-refractivity contribution in [3.8, 4) is 11.5 Å². The molecular formula is C28H36F2O3. The quantitative estimate of drug-likeness (QED) is 0.245. The number of halogens is 2. The van der Waals surface area contributed by atoms with Crippen LogP contribution in [0.1, 0.15) is 64.2 Å². The Morgan fingerprint density at radius 2 is 1.45 bits per heavy atom. The van der Waals surface area contributed by atoms with Gasteiger partial charge in [0.25, 0.3) is 0 Å². The summed E-state index contributed by atoms with van der Waals surface area (Å²) in [6, 6.07) is 2.01. The lowest BCUT2D eigenvalue weighted by Gasteiger charge is -2.45. The summed E-state index contributed by atoms with van der Waals surface area (Å²) in [5.41, 5.74) is 0. The highest BCUT2D eigenvalue weighted by atomic mass is 19.1. The molecule has 0 aromatic heterocycles. The van der Waals surface area contributed by atoms with Gasteiger partial charge in [-0.25, -0.2) is 8.78 Å². The number of ether oxygens (including phenoxy) is 2. The van der Waals surface area contributed by atoms with Gasteiger partial charge in [0.2, 0.25) is 0 Å². The molecule has 3 aliphatic carbocycles. The molecule has 0 aliphatic heterocycles. The number of allylic oxidation sites excluding steroid dienone is 1. The first kappa shape index (κ1) is 24.0. The van der Waals surface area contributed by atoms with Gasteiger partial charge >= 0.3 is 5.97 Å². The lowest BCUT2D eigenvalue weighted by Crippen LogP contribution is -2.35. The predicted octanol–water partition coefficient (Wildman–Crippen LogP) is 7.26. The highest BCUT2D eigenvalue weighted by Crippen LogP contribution is 2.49. The molecule has 1 aromatic carbocycles. The summed E-state index contributed by atoms with van der Waals surface area (Å²) in [5, 5.41) is 0. The monoisotopic (exact) mass is 458 g/mol. The maximum Gasteiger partial charge on any atom is 0.314 e. The number of carbonyl (C=O) groups excluding carboxylic acids is 1. The maximum absolute atomic E-state index is 14.1. The molecule has 0 N–H and O–H groups in total. The van der Waals surface area contributed by atoms with Crippen LogP contribution >= 0.6 is 0 Å². The van der Waals surface area contributed by atoms with Crippen LogP contribution in [0.3, 0.4) is 0 Å². The van der Waals surface area contributed by atoms with Crippen molar-refractivity contribution >= 4 is 5.97 Å². The summed E-state index contributed by atoms with van der Waals surface area (Å²) in [4.78, 5) is 12.7. The molecule has 5 heteroatoms. The van der Waals surface area contributed by atoms with Crippen molar-refractivity contribution < 1.29 is 23.0 Å². The van der Waals surface area contributed by atoms with Gasteiger partial charge in [-0.15, -0.1) is 6.58 Å². The number of fused-ring (bicyclic) bond motifs is 1. The average molecular weight is 459 g/mol. The Kier molecular flexibility index (Phi) is 7.87. The zero-order chi connectivity index (χ0) is 23.4. The van der Waals surface area contributed by atoms with Crippen LogP contribution in [0, 0.1) is 47.1 Å². The number of hydrogen-bond donors (Lipinski definition) is 0. The number of rotatable bonds is 7. The van der Waals surface area contributed by atoms with E-state index in [1.807, 2.05) is 0 Å². The lowest BCUT2D eigenvalue weighted by atomic mass is 9.61. The van der Waals surface area contributed by atoms with Gasteiger partial charge in [-0.3, -0.25) is 4.79 Å². The van der Waals surface area contributed by atoms with Gasteiger partial charge in [0.05, 0.1) is 5.92 Å². The van der Waals surface area contributed by atoms with Gasteiger partial charge in [0.15, 0.2) is 17.4 Å². The third-order valence-corrected chi connectivity index (χ3v) is 8.34. The van der Waals surface area contributed by atoms with Gasteiger partial charge in [0.1, 0.15) is 12.4 Å². The van der Waals surface area contributed by atoms with Gasteiger partial charge in [-0.2, -0.15) is 0 Å². The van der Waals surface area contributed by atoms with Gasteiger partial charge in [0, 0.05) is 12.1 Å². The van der Waals surface area contributed by atoms with Crippen molar-refractivity contribution in [2.24, 2.45) is 35.5 Å². The molecule has 0 saturated heterocycles. The van der Waals surface area contributed by atoms with Gasteiger partial charge < -0.3 is 9.47 Å². The molecule has 4 rings (SSSR count). The topological polar surface area (TPSA) is 35.5 Å². The zero-order valence-corrected chi connectivity index (χ0v) is 19.4. The summed E-state index contributed by atoms with van der Waals surface area (Å²) in [7, 11) is 0. The van der Waals surface area contributed by atoms with Crippen molar-refractivity contribution in [2.45, 2.75) is 64.2 Å². The summed E-state index contributed by atoms with van der Waals surface area (Å²) >= 11 is 0. The molecule has 33 heavy (non-hydrogen) atoms. The standard InChI is InChI=1S/C28H36F2O3/c1-3-13-32-27-25(29)16-24(17-26(27)30)33-28(31)20-9-7-19(8-10-20)22-12-11-21-14-18(4-2)5-6-23(21)15-22/h3-4,16-23H,1-2,5-15H2. The smallest absolute Gasteiger partial charge is 0.314 e. The first-order valence-corrected chi connectivity index (χ1v) is 12.6. The Hall–Kier alpha value is -2.17. The highest BCUT2D eigenvalue weighted by molar-refractivity contribution is 5.75. The van der Waals surface area contributed by atoms with Gasteiger partial charge in [-0.05, 0) is 93.8 Å². The molecule has 0 heterocycles. The lowest BCUT2D eigenvalue weighted by molar-refractivity contribution is -0.140. The van der Waals surface area contributed by atoms with Gasteiger partial charge in [-0.1, -0.05) is 18.7 Å². The first-order chi connectivity index (χ1) is 16.0. The molecule has 0 amide bonds. The normalized spacial score (nSPS) is 31.8. The number of hydrogen-bond acceptors (Lipinski definition) is 3. The fourth-order valence-corrected chi connectivity index (χ4v) is 6.51. The summed E-state index contributed by atoms with van der Waals surface area (Å²) in [5.74, 6) is 0.938. The second-order valence-corrected chi connectivity index (χ2v) is 10.3. The summed E-state index contributed by atoms with van der Waals surface area (Å²) in [6.45, 7) is 7.45. The fraction of sp³-hybridized carbons (Fsp3) is 0.607. The molecule has 1 aromatic rings. The van der Waals surface area contributed by atoms with E-state index in [1.165, 1.54) is 44.6 Å². The van der Waals surface area contributed by atoms with Crippen LogP contribution < -0.4 is 9.47 Å². The van der Waals surface area contributed by atoms with E-state index in [9.17, 15) is 13.6 Å². The van der Waals surface area contributed by atoms with E-state index in [0.29, 0.717) is 11.8 Å².